The number of hydrogen-bond acceptors (Lipinski definition) is 3. The minimum atomic E-state index is -1.10. The number of H-pyrrole nitrogens is 2. The predicted molar refractivity (Wildman–Crippen MR) is 101 cm³/mol. The zero-order valence-corrected chi connectivity index (χ0v) is 15.1. The normalized spacial score (nSPS) is 12.4. The van der Waals surface area contributed by atoms with Crippen molar-refractivity contribution in [1.29, 1.82) is 0 Å². The third kappa shape index (κ3) is 2.83. The quantitative estimate of drug-likeness (QED) is 0.569. The van der Waals surface area contributed by atoms with Crippen LogP contribution in [0.25, 0.3) is 21.8 Å². The summed E-state index contributed by atoms with van der Waals surface area (Å²) >= 11 is 0. The van der Waals surface area contributed by atoms with Gasteiger partial charge in [0, 0.05) is 24.8 Å². The molecule has 142 valence electrons. The van der Waals surface area contributed by atoms with Crippen molar-refractivity contribution < 1.29 is 13.6 Å². The highest BCUT2D eigenvalue weighted by molar-refractivity contribution is 5.97. The van der Waals surface area contributed by atoms with Gasteiger partial charge < -0.3 is 14.9 Å². The fourth-order valence-electron chi connectivity index (χ4n) is 3.27. The van der Waals surface area contributed by atoms with E-state index >= 15 is 0 Å². The molecular weight excluding hydrogens is 366 g/mol. The summed E-state index contributed by atoms with van der Waals surface area (Å²) in [5.41, 5.74) is 0.923. The van der Waals surface area contributed by atoms with Gasteiger partial charge in [0.05, 0.1) is 11.4 Å². The van der Waals surface area contributed by atoms with Gasteiger partial charge in [-0.25, -0.2) is 13.8 Å². The second-order valence-electron chi connectivity index (χ2n) is 6.60. The summed E-state index contributed by atoms with van der Waals surface area (Å²) in [6.07, 6.45) is 3.04. The molecule has 0 spiro atoms. The van der Waals surface area contributed by atoms with Gasteiger partial charge in [0.1, 0.15) is 11.3 Å². The number of aromatic nitrogens is 3. The Labute approximate surface area is 157 Å². The van der Waals surface area contributed by atoms with E-state index in [0.29, 0.717) is 16.9 Å². The maximum absolute atomic E-state index is 13.8. The third-order valence-corrected chi connectivity index (χ3v) is 4.95. The van der Waals surface area contributed by atoms with Crippen molar-refractivity contribution in [3.63, 3.8) is 0 Å². The second kappa shape index (κ2) is 6.56. The van der Waals surface area contributed by atoms with E-state index in [2.05, 4.69) is 15.0 Å². The summed E-state index contributed by atoms with van der Waals surface area (Å²) in [6, 6.07) is 6.65. The molecule has 6 nitrogen and oxygen atoms in total. The van der Waals surface area contributed by atoms with Crippen molar-refractivity contribution in [2.45, 2.75) is 13.0 Å². The molecule has 1 aromatic carbocycles. The predicted octanol–water partition coefficient (Wildman–Crippen LogP) is 3.52. The first-order valence-corrected chi connectivity index (χ1v) is 8.58. The maximum Gasteiger partial charge on any atom is 0.270 e. The molecule has 4 aromatic rings. The van der Waals surface area contributed by atoms with Crippen molar-refractivity contribution in [2.24, 2.45) is 0 Å². The van der Waals surface area contributed by atoms with Crippen molar-refractivity contribution in [3.05, 3.63) is 76.0 Å². The Bertz CT molecular complexity index is 1250. The van der Waals surface area contributed by atoms with E-state index in [-0.39, 0.29) is 16.7 Å². The topological polar surface area (TPSA) is 81.8 Å². The highest BCUT2D eigenvalue weighted by Gasteiger charge is 2.23. The molecule has 0 fully saturated rings. The molecule has 3 aromatic heterocycles. The molecule has 1 amide bonds. The van der Waals surface area contributed by atoms with E-state index in [1.165, 1.54) is 11.1 Å². The summed E-state index contributed by atoms with van der Waals surface area (Å²) in [7, 11) is 1.60. The van der Waals surface area contributed by atoms with Gasteiger partial charge in [-0.15, -0.1) is 0 Å². The standard InChI is InChI=1S/C20H16F2N4O2/c1-10(14-9-24-19(27)13-8-16(22)15(21)7-12(13)14)26(2)20(28)17-6-11-4-3-5-23-18(11)25-17/h3-10H,1-2H3,(H,23,25)(H,24,27)/t10-/m1/s1. The Morgan fingerprint density at radius 3 is 2.61 bits per heavy atom. The summed E-state index contributed by atoms with van der Waals surface area (Å²) < 4.78 is 27.4. The van der Waals surface area contributed by atoms with E-state index in [9.17, 15) is 18.4 Å². The number of benzene rings is 1. The first-order valence-electron chi connectivity index (χ1n) is 8.58. The number of carbonyl (C=O) groups is 1. The largest absolute Gasteiger partial charge is 0.335 e. The van der Waals surface area contributed by atoms with Crippen LogP contribution in [0.15, 0.2) is 47.5 Å². The number of nitrogens with one attached hydrogen (secondary N) is 2. The Kier molecular flexibility index (Phi) is 4.18. The van der Waals surface area contributed by atoms with Crippen molar-refractivity contribution >= 4 is 27.7 Å². The molecule has 0 aliphatic rings. The van der Waals surface area contributed by atoms with Crippen LogP contribution in [0.2, 0.25) is 0 Å². The first kappa shape index (κ1) is 17.8. The van der Waals surface area contributed by atoms with Crippen molar-refractivity contribution in [2.75, 3.05) is 7.05 Å². The zero-order chi connectivity index (χ0) is 20.0. The molecule has 2 N–H and O–H groups in total. The summed E-state index contributed by atoms with van der Waals surface area (Å²) in [5.74, 6) is -2.45. The van der Waals surface area contributed by atoms with Crippen LogP contribution >= 0.6 is 0 Å². The minimum Gasteiger partial charge on any atom is -0.335 e. The van der Waals surface area contributed by atoms with E-state index in [1.807, 2.05) is 6.07 Å². The number of halogens is 2. The summed E-state index contributed by atoms with van der Waals surface area (Å²) in [5, 5.41) is 1.09. The fourth-order valence-corrected chi connectivity index (χ4v) is 3.27. The maximum atomic E-state index is 13.8. The van der Waals surface area contributed by atoms with Gasteiger partial charge in [-0.3, -0.25) is 9.59 Å². The lowest BCUT2D eigenvalue weighted by atomic mass is 10.0. The van der Waals surface area contributed by atoms with Crippen LogP contribution < -0.4 is 5.56 Å². The van der Waals surface area contributed by atoms with Gasteiger partial charge >= 0.3 is 0 Å². The number of aromatic amines is 2. The Balaban J connectivity index is 1.75. The minimum absolute atomic E-state index is 0.0268. The number of hydrogen-bond donors (Lipinski definition) is 2. The number of fused-ring (bicyclic) bond motifs is 2. The zero-order valence-electron chi connectivity index (χ0n) is 15.1. The molecule has 28 heavy (non-hydrogen) atoms. The number of rotatable bonds is 3. The van der Waals surface area contributed by atoms with Gasteiger partial charge in [0.15, 0.2) is 11.6 Å². The average molecular weight is 382 g/mol. The molecule has 1 atom stereocenters. The molecule has 0 unspecified atom stereocenters. The smallest absolute Gasteiger partial charge is 0.270 e. The Morgan fingerprint density at radius 2 is 1.89 bits per heavy atom. The number of amides is 1. The molecule has 0 saturated heterocycles. The molecule has 8 heteroatoms. The third-order valence-electron chi connectivity index (χ3n) is 4.95. The van der Waals surface area contributed by atoms with Crippen molar-refractivity contribution in [1.82, 2.24) is 19.9 Å². The highest BCUT2D eigenvalue weighted by atomic mass is 19.2. The molecule has 0 saturated carbocycles. The van der Waals surface area contributed by atoms with Gasteiger partial charge in [0.2, 0.25) is 0 Å². The van der Waals surface area contributed by atoms with Gasteiger partial charge in [-0.2, -0.15) is 0 Å². The van der Waals surface area contributed by atoms with E-state index in [0.717, 1.165) is 17.5 Å². The molecule has 4 rings (SSSR count). The number of nitrogens with zero attached hydrogens (tertiary/aromatic N) is 2. The average Bonchev–Trinajstić information content (AvgIpc) is 3.12. The molecule has 3 heterocycles. The number of pyridine rings is 2. The lowest BCUT2D eigenvalue weighted by molar-refractivity contribution is 0.0738. The van der Waals surface area contributed by atoms with Gasteiger partial charge in [-0.1, -0.05) is 0 Å². The fraction of sp³-hybridized carbons (Fsp3) is 0.150. The highest BCUT2D eigenvalue weighted by Crippen LogP contribution is 2.28. The van der Waals surface area contributed by atoms with Crippen LogP contribution in [-0.4, -0.2) is 32.8 Å². The molecule has 0 radical (unpaired) electrons. The summed E-state index contributed by atoms with van der Waals surface area (Å²) in [6.45, 7) is 1.74. The monoisotopic (exact) mass is 382 g/mol. The van der Waals surface area contributed by atoms with E-state index in [1.54, 1.807) is 32.3 Å². The lowest BCUT2D eigenvalue weighted by Crippen LogP contribution is -2.30. The molecule has 0 bridgehead atoms. The van der Waals surface area contributed by atoms with Crippen LogP contribution in [0, 0.1) is 11.6 Å². The number of carbonyl (C=O) groups excluding carboxylic acids is 1. The van der Waals surface area contributed by atoms with Crippen LogP contribution in [0.5, 0.6) is 0 Å². The van der Waals surface area contributed by atoms with Gasteiger partial charge in [-0.05, 0) is 48.2 Å². The Morgan fingerprint density at radius 1 is 1.18 bits per heavy atom. The van der Waals surface area contributed by atoms with Gasteiger partial charge in [0.25, 0.3) is 11.5 Å². The van der Waals surface area contributed by atoms with E-state index in [4.69, 9.17) is 0 Å². The lowest BCUT2D eigenvalue weighted by Gasteiger charge is -2.25. The Hall–Kier alpha value is -3.55. The first-order chi connectivity index (χ1) is 13.4. The van der Waals surface area contributed by atoms with Crippen LogP contribution in [0.1, 0.15) is 29.0 Å². The molecular formula is C20H16F2N4O2. The van der Waals surface area contributed by atoms with Crippen molar-refractivity contribution in [3.8, 4) is 0 Å². The molecule has 0 aliphatic carbocycles. The van der Waals surface area contributed by atoms with Crippen LogP contribution in [0.4, 0.5) is 8.78 Å². The molecule has 0 aliphatic heterocycles. The second-order valence-corrected chi connectivity index (χ2v) is 6.60. The SMILES string of the molecule is C[C@H](c1c[nH]c(=O)c2cc(F)c(F)cc12)N(C)C(=O)c1cc2cccnc2[nH]1. The van der Waals surface area contributed by atoms with Crippen LogP contribution in [0.3, 0.4) is 0 Å². The van der Waals surface area contributed by atoms with Crippen LogP contribution in [-0.2, 0) is 0 Å². The van der Waals surface area contributed by atoms with E-state index < -0.39 is 23.2 Å². The summed E-state index contributed by atoms with van der Waals surface area (Å²) in [4.78, 5) is 36.0.